The number of rotatable bonds is 5. The first-order valence-electron chi connectivity index (χ1n) is 5.61. The maximum absolute atomic E-state index is 11.4. The fraction of sp³-hybridized carbons (Fsp3) is 0.250. The second-order valence-electron chi connectivity index (χ2n) is 3.75. The van der Waals surface area contributed by atoms with Gasteiger partial charge < -0.3 is 21.1 Å². The second kappa shape index (κ2) is 7.00. The topological polar surface area (TPSA) is 108 Å². The van der Waals surface area contributed by atoms with Gasteiger partial charge in [-0.2, -0.15) is 0 Å². The van der Waals surface area contributed by atoms with E-state index >= 15 is 0 Å². The van der Waals surface area contributed by atoms with Gasteiger partial charge in [0.1, 0.15) is 0 Å². The van der Waals surface area contributed by atoms with Crippen LogP contribution in [0.2, 0.25) is 0 Å². The summed E-state index contributed by atoms with van der Waals surface area (Å²) < 4.78 is 0. The maximum Gasteiger partial charge on any atom is 0.335 e. The Morgan fingerprint density at radius 3 is 2.16 bits per heavy atom. The van der Waals surface area contributed by atoms with Crippen molar-refractivity contribution in [2.75, 3.05) is 18.4 Å². The third-order valence-corrected chi connectivity index (χ3v) is 2.17. The third kappa shape index (κ3) is 5.53. The number of hydrogen-bond donors (Lipinski definition) is 4. The lowest BCUT2D eigenvalue weighted by Gasteiger charge is -2.08. The summed E-state index contributed by atoms with van der Waals surface area (Å²) >= 11 is 0. The van der Waals surface area contributed by atoms with Crippen LogP contribution in [0, 0.1) is 0 Å². The number of anilines is 1. The van der Waals surface area contributed by atoms with Crippen LogP contribution in [0.25, 0.3) is 0 Å². The molecular formula is C12H15N3O4. The van der Waals surface area contributed by atoms with Gasteiger partial charge in [0.05, 0.1) is 5.56 Å². The van der Waals surface area contributed by atoms with Crippen molar-refractivity contribution < 1.29 is 19.5 Å². The van der Waals surface area contributed by atoms with Crippen LogP contribution >= 0.6 is 0 Å². The van der Waals surface area contributed by atoms with Crippen LogP contribution in [0.15, 0.2) is 24.3 Å². The molecule has 0 atom stereocenters. The molecule has 0 aliphatic heterocycles. The molecule has 102 valence electrons. The lowest BCUT2D eigenvalue weighted by atomic mass is 10.2. The Labute approximate surface area is 110 Å². The van der Waals surface area contributed by atoms with Gasteiger partial charge in [0, 0.05) is 25.7 Å². The van der Waals surface area contributed by atoms with Gasteiger partial charge in [-0.3, -0.25) is 4.79 Å². The molecule has 0 aliphatic rings. The minimum atomic E-state index is -1.02. The zero-order chi connectivity index (χ0) is 14.3. The van der Waals surface area contributed by atoms with Crippen molar-refractivity contribution in [2.45, 2.75) is 6.92 Å². The lowest BCUT2D eigenvalue weighted by molar-refractivity contribution is -0.118. The van der Waals surface area contributed by atoms with Crippen molar-refractivity contribution in [3.8, 4) is 0 Å². The minimum Gasteiger partial charge on any atom is -0.478 e. The molecule has 0 fully saturated rings. The number of amides is 3. The Balaban J connectivity index is 2.35. The van der Waals surface area contributed by atoms with Crippen LogP contribution in [-0.4, -0.2) is 36.1 Å². The molecule has 0 bridgehead atoms. The lowest BCUT2D eigenvalue weighted by Crippen LogP contribution is -2.36. The molecule has 1 aromatic carbocycles. The number of aromatic carboxylic acids is 1. The number of carboxylic acids is 1. The van der Waals surface area contributed by atoms with E-state index in [1.807, 2.05) is 0 Å². The maximum atomic E-state index is 11.4. The molecule has 4 N–H and O–H groups in total. The molecule has 0 unspecified atom stereocenters. The highest BCUT2D eigenvalue weighted by Crippen LogP contribution is 2.09. The first-order chi connectivity index (χ1) is 8.99. The summed E-state index contributed by atoms with van der Waals surface area (Å²) in [6, 6.07) is 5.37. The van der Waals surface area contributed by atoms with Gasteiger partial charge in [-0.1, -0.05) is 0 Å². The van der Waals surface area contributed by atoms with E-state index < -0.39 is 12.0 Å². The number of nitrogens with one attached hydrogen (secondary N) is 3. The van der Waals surface area contributed by atoms with E-state index in [-0.39, 0.29) is 11.5 Å². The molecule has 0 radical (unpaired) electrons. The highest BCUT2D eigenvalue weighted by atomic mass is 16.4. The molecule has 0 spiro atoms. The molecule has 0 aromatic heterocycles. The standard InChI is InChI=1S/C12H15N3O4/c1-8(16)13-6-7-14-12(19)15-10-4-2-9(3-5-10)11(17)18/h2-5H,6-7H2,1H3,(H,13,16)(H,17,18)(H2,14,15,19). The molecular weight excluding hydrogens is 250 g/mol. The largest absolute Gasteiger partial charge is 0.478 e. The van der Waals surface area contributed by atoms with E-state index in [9.17, 15) is 14.4 Å². The van der Waals surface area contributed by atoms with E-state index in [0.717, 1.165) is 0 Å². The van der Waals surface area contributed by atoms with Crippen LogP contribution < -0.4 is 16.0 Å². The predicted molar refractivity (Wildman–Crippen MR) is 69.1 cm³/mol. The zero-order valence-electron chi connectivity index (χ0n) is 10.4. The van der Waals surface area contributed by atoms with E-state index in [0.29, 0.717) is 18.8 Å². The average Bonchev–Trinajstić information content (AvgIpc) is 2.35. The summed E-state index contributed by atoms with van der Waals surface area (Å²) in [7, 11) is 0. The molecule has 0 heterocycles. The first kappa shape index (κ1) is 14.5. The molecule has 0 saturated carbocycles. The monoisotopic (exact) mass is 265 g/mol. The first-order valence-corrected chi connectivity index (χ1v) is 5.61. The van der Waals surface area contributed by atoms with E-state index in [2.05, 4.69) is 16.0 Å². The summed E-state index contributed by atoms with van der Waals surface area (Å²) in [6.07, 6.45) is 0. The van der Waals surface area contributed by atoms with Crippen molar-refractivity contribution in [1.82, 2.24) is 10.6 Å². The van der Waals surface area contributed by atoms with Gasteiger partial charge in [0.25, 0.3) is 0 Å². The fourth-order valence-electron chi connectivity index (χ4n) is 1.29. The number of carbonyl (C=O) groups excluding carboxylic acids is 2. The Kier molecular flexibility index (Phi) is 5.34. The quantitative estimate of drug-likeness (QED) is 0.586. The highest BCUT2D eigenvalue weighted by molar-refractivity contribution is 5.91. The van der Waals surface area contributed by atoms with Gasteiger partial charge >= 0.3 is 12.0 Å². The Bertz CT molecular complexity index is 470. The molecule has 3 amide bonds. The summed E-state index contributed by atoms with van der Waals surface area (Å²) in [5.74, 6) is -1.18. The van der Waals surface area contributed by atoms with Crippen LogP contribution in [-0.2, 0) is 4.79 Å². The average molecular weight is 265 g/mol. The zero-order valence-corrected chi connectivity index (χ0v) is 10.4. The molecule has 1 aromatic rings. The smallest absolute Gasteiger partial charge is 0.335 e. The van der Waals surface area contributed by atoms with Crippen LogP contribution in [0.4, 0.5) is 10.5 Å². The molecule has 0 saturated heterocycles. The Morgan fingerprint density at radius 1 is 1.05 bits per heavy atom. The number of carbonyl (C=O) groups is 3. The van der Waals surface area contributed by atoms with E-state index in [4.69, 9.17) is 5.11 Å². The predicted octanol–water partition coefficient (Wildman–Crippen LogP) is 0.642. The van der Waals surface area contributed by atoms with Crippen molar-refractivity contribution in [3.63, 3.8) is 0 Å². The fourth-order valence-corrected chi connectivity index (χ4v) is 1.29. The summed E-state index contributed by atoms with van der Waals surface area (Å²) in [5, 5.41) is 16.3. The van der Waals surface area contributed by atoms with Crippen LogP contribution in [0.3, 0.4) is 0 Å². The summed E-state index contributed by atoms with van der Waals surface area (Å²) in [4.78, 5) is 32.6. The van der Waals surface area contributed by atoms with Gasteiger partial charge in [-0.05, 0) is 24.3 Å². The van der Waals surface area contributed by atoms with Crippen molar-refractivity contribution >= 4 is 23.6 Å². The Hall–Kier alpha value is -2.57. The number of hydrogen-bond acceptors (Lipinski definition) is 3. The van der Waals surface area contributed by atoms with Crippen molar-refractivity contribution in [1.29, 1.82) is 0 Å². The SMILES string of the molecule is CC(=O)NCCNC(=O)Nc1ccc(C(=O)O)cc1. The molecule has 7 nitrogen and oxygen atoms in total. The van der Waals surface area contributed by atoms with Crippen molar-refractivity contribution in [3.05, 3.63) is 29.8 Å². The molecule has 19 heavy (non-hydrogen) atoms. The third-order valence-electron chi connectivity index (χ3n) is 2.17. The Morgan fingerprint density at radius 2 is 1.63 bits per heavy atom. The number of urea groups is 1. The second-order valence-corrected chi connectivity index (χ2v) is 3.75. The van der Waals surface area contributed by atoms with Crippen LogP contribution in [0.1, 0.15) is 17.3 Å². The van der Waals surface area contributed by atoms with Gasteiger partial charge in [-0.25, -0.2) is 9.59 Å². The van der Waals surface area contributed by atoms with Gasteiger partial charge in [0.2, 0.25) is 5.91 Å². The normalized spacial score (nSPS) is 9.53. The van der Waals surface area contributed by atoms with E-state index in [1.165, 1.54) is 31.2 Å². The molecule has 1 rings (SSSR count). The minimum absolute atomic E-state index is 0.150. The van der Waals surface area contributed by atoms with Crippen LogP contribution in [0.5, 0.6) is 0 Å². The number of benzene rings is 1. The summed E-state index contributed by atoms with van der Waals surface area (Å²) in [6.45, 7) is 2.05. The van der Waals surface area contributed by atoms with E-state index in [1.54, 1.807) is 0 Å². The molecule has 7 heteroatoms. The number of carboxylic acid groups (broad SMARTS) is 1. The highest BCUT2D eigenvalue weighted by Gasteiger charge is 2.04. The van der Waals surface area contributed by atoms with Crippen molar-refractivity contribution in [2.24, 2.45) is 0 Å². The van der Waals surface area contributed by atoms with Gasteiger partial charge in [-0.15, -0.1) is 0 Å². The molecule has 0 aliphatic carbocycles. The van der Waals surface area contributed by atoms with Gasteiger partial charge in [0.15, 0.2) is 0 Å². The summed E-state index contributed by atoms with van der Waals surface area (Å²) in [5.41, 5.74) is 0.638.